The molecule has 2 rings (SSSR count). The highest BCUT2D eigenvalue weighted by Crippen LogP contribution is 2.37. The van der Waals surface area contributed by atoms with E-state index < -0.39 is 6.10 Å². The predicted octanol–water partition coefficient (Wildman–Crippen LogP) is 2.40. The van der Waals surface area contributed by atoms with Gasteiger partial charge in [0, 0.05) is 19.1 Å². The Bertz CT molecular complexity index is 381. The maximum atomic E-state index is 10.5. The van der Waals surface area contributed by atoms with Gasteiger partial charge in [0.25, 0.3) is 0 Å². The van der Waals surface area contributed by atoms with Crippen LogP contribution in [-0.2, 0) is 11.3 Å². The van der Waals surface area contributed by atoms with Crippen LogP contribution < -0.4 is 0 Å². The lowest BCUT2D eigenvalue weighted by molar-refractivity contribution is 0.0270. The third kappa shape index (κ3) is 2.34. The number of halogens is 1. The molecular formula is C12H19ClN2O2. The Morgan fingerprint density at radius 2 is 2.41 bits per heavy atom. The Balaban J connectivity index is 2.23. The van der Waals surface area contributed by atoms with Gasteiger partial charge < -0.3 is 9.84 Å². The van der Waals surface area contributed by atoms with Crippen LogP contribution in [-0.4, -0.2) is 27.6 Å². The van der Waals surface area contributed by atoms with Crippen molar-refractivity contribution in [2.24, 2.45) is 5.92 Å². The highest BCUT2D eigenvalue weighted by atomic mass is 35.5. The summed E-state index contributed by atoms with van der Waals surface area (Å²) in [6.07, 6.45) is 2.93. The van der Waals surface area contributed by atoms with Crippen molar-refractivity contribution in [3.8, 4) is 0 Å². The van der Waals surface area contributed by atoms with Crippen LogP contribution in [0.4, 0.5) is 0 Å². The van der Waals surface area contributed by atoms with Gasteiger partial charge in [-0.15, -0.1) is 0 Å². The smallest absolute Gasteiger partial charge is 0.102 e. The molecule has 1 aliphatic heterocycles. The summed E-state index contributed by atoms with van der Waals surface area (Å²) in [7, 11) is 0. The summed E-state index contributed by atoms with van der Waals surface area (Å²) in [4.78, 5) is 0. The second-order valence-corrected chi connectivity index (χ2v) is 4.82. The Kier molecular flexibility index (Phi) is 4.07. The molecular weight excluding hydrogens is 240 g/mol. The van der Waals surface area contributed by atoms with Gasteiger partial charge in [0.15, 0.2) is 0 Å². The molecule has 2 heterocycles. The number of hydrogen-bond acceptors (Lipinski definition) is 3. The molecule has 0 aliphatic carbocycles. The summed E-state index contributed by atoms with van der Waals surface area (Å²) in [6, 6.07) is 0. The SMILES string of the molecule is CCC1OCCC1C(O)c1c(Cl)cnn1CC. The summed E-state index contributed by atoms with van der Waals surface area (Å²) in [5, 5.41) is 15.2. The zero-order valence-corrected chi connectivity index (χ0v) is 11.0. The predicted molar refractivity (Wildman–Crippen MR) is 66.0 cm³/mol. The van der Waals surface area contributed by atoms with E-state index in [1.165, 1.54) is 0 Å². The van der Waals surface area contributed by atoms with Gasteiger partial charge in [-0.1, -0.05) is 18.5 Å². The molecule has 17 heavy (non-hydrogen) atoms. The van der Waals surface area contributed by atoms with Crippen molar-refractivity contribution in [1.29, 1.82) is 0 Å². The molecule has 3 unspecified atom stereocenters. The van der Waals surface area contributed by atoms with Crippen molar-refractivity contribution < 1.29 is 9.84 Å². The molecule has 1 aliphatic rings. The van der Waals surface area contributed by atoms with Crippen LogP contribution in [0.25, 0.3) is 0 Å². The third-order valence-corrected chi connectivity index (χ3v) is 3.77. The molecule has 1 N–H and O–H groups in total. The average molecular weight is 259 g/mol. The number of ether oxygens (including phenoxy) is 1. The van der Waals surface area contributed by atoms with E-state index in [1.807, 2.05) is 6.92 Å². The number of aliphatic hydroxyl groups excluding tert-OH is 1. The van der Waals surface area contributed by atoms with Crippen molar-refractivity contribution in [3.05, 3.63) is 16.9 Å². The van der Waals surface area contributed by atoms with Gasteiger partial charge >= 0.3 is 0 Å². The number of hydrogen-bond donors (Lipinski definition) is 1. The second kappa shape index (κ2) is 5.38. The van der Waals surface area contributed by atoms with Crippen molar-refractivity contribution in [2.45, 2.75) is 45.4 Å². The first-order valence-corrected chi connectivity index (χ1v) is 6.57. The van der Waals surface area contributed by atoms with Crippen LogP contribution in [0.2, 0.25) is 5.02 Å². The van der Waals surface area contributed by atoms with E-state index in [4.69, 9.17) is 16.3 Å². The molecule has 0 aromatic carbocycles. The van der Waals surface area contributed by atoms with E-state index in [2.05, 4.69) is 12.0 Å². The number of aryl methyl sites for hydroxylation is 1. The van der Waals surface area contributed by atoms with Crippen molar-refractivity contribution in [1.82, 2.24) is 9.78 Å². The van der Waals surface area contributed by atoms with Gasteiger partial charge in [0.1, 0.15) is 6.10 Å². The molecule has 5 heteroatoms. The molecule has 1 aromatic heterocycles. The first kappa shape index (κ1) is 12.9. The zero-order chi connectivity index (χ0) is 12.4. The van der Waals surface area contributed by atoms with Crippen LogP contribution in [0.5, 0.6) is 0 Å². The number of aliphatic hydroxyl groups is 1. The maximum Gasteiger partial charge on any atom is 0.102 e. The zero-order valence-electron chi connectivity index (χ0n) is 10.3. The van der Waals surface area contributed by atoms with Gasteiger partial charge in [-0.25, -0.2) is 0 Å². The number of rotatable bonds is 4. The van der Waals surface area contributed by atoms with Crippen LogP contribution in [0, 0.1) is 5.92 Å². The van der Waals surface area contributed by atoms with E-state index in [0.29, 0.717) is 11.6 Å². The molecule has 1 saturated heterocycles. The monoisotopic (exact) mass is 258 g/mol. The quantitative estimate of drug-likeness (QED) is 0.902. The van der Waals surface area contributed by atoms with Crippen LogP contribution in [0.15, 0.2) is 6.20 Å². The summed E-state index contributed by atoms with van der Waals surface area (Å²) >= 11 is 6.10. The highest BCUT2D eigenvalue weighted by molar-refractivity contribution is 6.31. The summed E-state index contributed by atoms with van der Waals surface area (Å²) in [5.41, 5.74) is 0.725. The molecule has 1 aromatic rings. The first-order chi connectivity index (χ1) is 8.19. The lowest BCUT2D eigenvalue weighted by Gasteiger charge is -2.23. The fourth-order valence-electron chi connectivity index (χ4n) is 2.57. The third-order valence-electron chi connectivity index (χ3n) is 3.48. The Hall–Kier alpha value is -0.580. The summed E-state index contributed by atoms with van der Waals surface area (Å²) in [5.74, 6) is 0.125. The average Bonchev–Trinajstić information content (AvgIpc) is 2.93. The van der Waals surface area contributed by atoms with Gasteiger partial charge in [-0.05, 0) is 19.8 Å². The summed E-state index contributed by atoms with van der Waals surface area (Å²) in [6.45, 7) is 5.50. The van der Waals surface area contributed by atoms with Gasteiger partial charge in [-0.2, -0.15) is 5.10 Å². The van der Waals surface area contributed by atoms with E-state index in [0.717, 1.165) is 25.1 Å². The second-order valence-electron chi connectivity index (χ2n) is 4.41. The molecule has 3 atom stereocenters. The molecule has 1 fully saturated rings. The summed E-state index contributed by atoms with van der Waals surface area (Å²) < 4.78 is 7.38. The van der Waals surface area contributed by atoms with E-state index in [9.17, 15) is 5.11 Å². The standard InChI is InChI=1S/C12H19ClN2O2/c1-3-10-8(5-6-17-10)12(16)11-9(13)7-14-15(11)4-2/h7-8,10,12,16H,3-6H2,1-2H3. The fourth-order valence-corrected chi connectivity index (χ4v) is 2.82. The Morgan fingerprint density at radius 1 is 1.65 bits per heavy atom. The number of nitrogens with zero attached hydrogens (tertiary/aromatic N) is 2. The van der Waals surface area contributed by atoms with E-state index >= 15 is 0 Å². The minimum Gasteiger partial charge on any atom is -0.386 e. The van der Waals surface area contributed by atoms with Crippen LogP contribution >= 0.6 is 11.6 Å². The lowest BCUT2D eigenvalue weighted by Crippen LogP contribution is -2.24. The molecule has 0 radical (unpaired) electrons. The van der Waals surface area contributed by atoms with Gasteiger partial charge in [0.2, 0.25) is 0 Å². The van der Waals surface area contributed by atoms with Crippen LogP contribution in [0.3, 0.4) is 0 Å². The van der Waals surface area contributed by atoms with E-state index in [1.54, 1.807) is 10.9 Å². The molecule has 0 amide bonds. The van der Waals surface area contributed by atoms with Crippen molar-refractivity contribution >= 4 is 11.6 Å². The molecule has 4 nitrogen and oxygen atoms in total. The molecule has 96 valence electrons. The largest absolute Gasteiger partial charge is 0.386 e. The molecule has 0 bridgehead atoms. The van der Waals surface area contributed by atoms with Gasteiger partial charge in [-0.3, -0.25) is 4.68 Å². The van der Waals surface area contributed by atoms with Gasteiger partial charge in [0.05, 0.1) is 23.0 Å². The highest BCUT2D eigenvalue weighted by Gasteiger charge is 2.35. The van der Waals surface area contributed by atoms with E-state index in [-0.39, 0.29) is 12.0 Å². The lowest BCUT2D eigenvalue weighted by atomic mass is 9.91. The minimum absolute atomic E-state index is 0.125. The Labute approximate surface area is 107 Å². The fraction of sp³-hybridized carbons (Fsp3) is 0.750. The normalized spacial score (nSPS) is 26.4. The number of aromatic nitrogens is 2. The molecule has 0 saturated carbocycles. The van der Waals surface area contributed by atoms with Crippen molar-refractivity contribution in [3.63, 3.8) is 0 Å². The topological polar surface area (TPSA) is 47.3 Å². The Morgan fingerprint density at radius 3 is 3.06 bits per heavy atom. The first-order valence-electron chi connectivity index (χ1n) is 6.19. The van der Waals surface area contributed by atoms with Crippen molar-refractivity contribution in [2.75, 3.05) is 6.61 Å². The maximum absolute atomic E-state index is 10.5. The minimum atomic E-state index is -0.586. The molecule has 0 spiro atoms. The van der Waals surface area contributed by atoms with Crippen LogP contribution in [0.1, 0.15) is 38.5 Å².